The van der Waals surface area contributed by atoms with Crippen LogP contribution in [0.25, 0.3) is 0 Å². The lowest BCUT2D eigenvalue weighted by atomic mass is 10.0. The van der Waals surface area contributed by atoms with Gasteiger partial charge in [-0.2, -0.15) is 0 Å². The van der Waals surface area contributed by atoms with Crippen LogP contribution in [0.2, 0.25) is 5.02 Å². The molecule has 1 heterocycles. The number of likely N-dealkylation sites (N-methyl/N-ethyl adjacent to an activating group) is 1. The van der Waals surface area contributed by atoms with Crippen LogP contribution in [-0.2, 0) is 10.0 Å². The second-order valence-corrected chi connectivity index (χ2v) is 9.51. The third-order valence-corrected chi connectivity index (χ3v) is 6.46. The largest absolute Gasteiger partial charge is 0.306 e. The van der Waals surface area contributed by atoms with Crippen molar-refractivity contribution in [1.29, 1.82) is 0 Å². The summed E-state index contributed by atoms with van der Waals surface area (Å²) in [7, 11) is 0.654. The molecule has 1 aliphatic heterocycles. The molecule has 0 amide bonds. The molecule has 1 fully saturated rings. The minimum atomic E-state index is -3.56. The molecule has 0 atom stereocenters. The Kier molecular flexibility index (Phi) is 8.18. The van der Waals surface area contributed by atoms with Crippen LogP contribution in [-0.4, -0.2) is 63.5 Å². The van der Waals surface area contributed by atoms with E-state index in [1.54, 1.807) is 12.1 Å². The van der Waals surface area contributed by atoms with Gasteiger partial charge in [0.25, 0.3) is 0 Å². The van der Waals surface area contributed by atoms with E-state index in [0.717, 1.165) is 25.9 Å². The topological polar surface area (TPSA) is 52.6 Å². The van der Waals surface area contributed by atoms with Gasteiger partial charge >= 0.3 is 0 Å². The Morgan fingerprint density at radius 2 is 1.76 bits per heavy atom. The van der Waals surface area contributed by atoms with Crippen molar-refractivity contribution in [2.75, 3.05) is 33.7 Å². The van der Waals surface area contributed by atoms with Gasteiger partial charge in [-0.05, 0) is 78.1 Å². The maximum Gasteiger partial charge on any atom is 0.241 e. The van der Waals surface area contributed by atoms with Crippen LogP contribution in [0, 0.1) is 0 Å². The SMILES string of the molecule is CN1CCC(N(C)CC(C)(C)NS(=O)(=O)c2ccc(Cl)cc2)CC1.Cl. The number of benzene rings is 1. The maximum absolute atomic E-state index is 12.6. The van der Waals surface area contributed by atoms with Crippen LogP contribution in [0.4, 0.5) is 0 Å². The van der Waals surface area contributed by atoms with Gasteiger partial charge in [0.05, 0.1) is 4.90 Å². The van der Waals surface area contributed by atoms with Gasteiger partial charge in [-0.25, -0.2) is 13.1 Å². The summed E-state index contributed by atoms with van der Waals surface area (Å²) in [6.07, 6.45) is 2.24. The van der Waals surface area contributed by atoms with Gasteiger partial charge in [0.15, 0.2) is 0 Å². The zero-order valence-corrected chi connectivity index (χ0v) is 17.7. The van der Waals surface area contributed by atoms with Crippen LogP contribution < -0.4 is 4.72 Å². The molecule has 0 bridgehead atoms. The second kappa shape index (κ2) is 9.02. The lowest BCUT2D eigenvalue weighted by Gasteiger charge is -2.39. The summed E-state index contributed by atoms with van der Waals surface area (Å²) >= 11 is 5.83. The highest BCUT2D eigenvalue weighted by Crippen LogP contribution is 2.19. The van der Waals surface area contributed by atoms with Crippen LogP contribution in [0.15, 0.2) is 29.2 Å². The quantitative estimate of drug-likeness (QED) is 0.784. The molecule has 25 heavy (non-hydrogen) atoms. The van der Waals surface area contributed by atoms with Crippen LogP contribution >= 0.6 is 24.0 Å². The third kappa shape index (κ3) is 6.70. The molecule has 1 aromatic rings. The number of hydrogen-bond donors (Lipinski definition) is 1. The van der Waals surface area contributed by atoms with Gasteiger partial charge in [0.1, 0.15) is 0 Å². The van der Waals surface area contributed by atoms with Crippen LogP contribution in [0.1, 0.15) is 26.7 Å². The van der Waals surface area contributed by atoms with Gasteiger partial charge < -0.3 is 9.80 Å². The molecule has 0 aliphatic carbocycles. The van der Waals surface area contributed by atoms with Crippen molar-refractivity contribution in [3.05, 3.63) is 29.3 Å². The van der Waals surface area contributed by atoms with Crippen molar-refractivity contribution < 1.29 is 8.42 Å². The summed E-state index contributed by atoms with van der Waals surface area (Å²) in [4.78, 5) is 4.85. The van der Waals surface area contributed by atoms with Gasteiger partial charge in [0, 0.05) is 23.1 Å². The van der Waals surface area contributed by atoms with Crippen LogP contribution in [0.5, 0.6) is 0 Å². The fourth-order valence-electron chi connectivity index (χ4n) is 3.26. The Bertz CT molecular complexity index is 642. The molecule has 0 unspecified atom stereocenters. The molecule has 1 aromatic carbocycles. The average Bonchev–Trinajstić information content (AvgIpc) is 2.46. The molecule has 0 radical (unpaired) electrons. The van der Waals surface area contributed by atoms with Crippen molar-refractivity contribution in [3.8, 4) is 0 Å². The van der Waals surface area contributed by atoms with Gasteiger partial charge in [-0.3, -0.25) is 0 Å². The molecule has 1 aliphatic rings. The molecule has 0 aromatic heterocycles. The highest BCUT2D eigenvalue weighted by molar-refractivity contribution is 7.89. The van der Waals surface area contributed by atoms with E-state index in [2.05, 4.69) is 28.6 Å². The Hall–Kier alpha value is -0.370. The smallest absolute Gasteiger partial charge is 0.241 e. The lowest BCUT2D eigenvalue weighted by molar-refractivity contribution is 0.124. The van der Waals surface area contributed by atoms with E-state index in [1.807, 2.05) is 13.8 Å². The normalized spacial score (nSPS) is 17.5. The molecule has 1 saturated heterocycles. The van der Waals surface area contributed by atoms with Crippen molar-refractivity contribution in [1.82, 2.24) is 14.5 Å². The zero-order valence-electron chi connectivity index (χ0n) is 15.3. The standard InChI is InChI=1S/C17H28ClN3O2S.ClH/c1-17(2,13-21(4)15-9-11-20(3)12-10-15)19-24(22,23)16-7-5-14(18)6-8-16;/h5-8,15,19H,9-13H2,1-4H3;1H. The van der Waals surface area contributed by atoms with Crippen molar-refractivity contribution in [2.45, 2.75) is 43.2 Å². The highest BCUT2D eigenvalue weighted by Gasteiger charge is 2.30. The summed E-state index contributed by atoms with van der Waals surface area (Å²) in [5, 5.41) is 0.523. The fraction of sp³-hybridized carbons (Fsp3) is 0.647. The third-order valence-electron chi connectivity index (χ3n) is 4.49. The molecular weight excluding hydrogens is 381 g/mol. The molecule has 144 valence electrons. The van der Waals surface area contributed by atoms with Crippen molar-refractivity contribution >= 4 is 34.0 Å². The number of sulfonamides is 1. The summed E-state index contributed by atoms with van der Waals surface area (Å²) in [5.74, 6) is 0. The first-order valence-corrected chi connectivity index (χ1v) is 10.1. The molecule has 0 saturated carbocycles. The first-order valence-electron chi connectivity index (χ1n) is 8.27. The molecule has 5 nitrogen and oxygen atoms in total. The molecule has 1 N–H and O–H groups in total. The Balaban J connectivity index is 0.00000312. The van der Waals surface area contributed by atoms with E-state index in [-0.39, 0.29) is 17.3 Å². The average molecular weight is 410 g/mol. The number of piperidine rings is 1. The Labute approximate surface area is 163 Å². The summed E-state index contributed by atoms with van der Waals surface area (Å²) < 4.78 is 28.0. The van der Waals surface area contributed by atoms with E-state index >= 15 is 0 Å². The maximum atomic E-state index is 12.6. The van der Waals surface area contributed by atoms with Crippen molar-refractivity contribution in [3.63, 3.8) is 0 Å². The number of halogens is 2. The fourth-order valence-corrected chi connectivity index (χ4v) is 4.79. The lowest BCUT2D eigenvalue weighted by Crippen LogP contribution is -2.53. The Morgan fingerprint density at radius 1 is 1.24 bits per heavy atom. The van der Waals surface area contributed by atoms with E-state index in [0.29, 0.717) is 17.6 Å². The molecule has 2 rings (SSSR count). The van der Waals surface area contributed by atoms with Gasteiger partial charge in [0.2, 0.25) is 10.0 Å². The predicted octanol–water partition coefficient (Wildman–Crippen LogP) is 2.84. The monoisotopic (exact) mass is 409 g/mol. The van der Waals surface area contributed by atoms with Gasteiger partial charge in [-0.15, -0.1) is 12.4 Å². The number of hydrogen-bond acceptors (Lipinski definition) is 4. The minimum Gasteiger partial charge on any atom is -0.306 e. The number of nitrogens with zero attached hydrogens (tertiary/aromatic N) is 2. The minimum absolute atomic E-state index is 0. The number of rotatable bonds is 6. The van der Waals surface area contributed by atoms with E-state index in [1.165, 1.54) is 12.1 Å². The predicted molar refractivity (Wildman–Crippen MR) is 106 cm³/mol. The summed E-state index contributed by atoms with van der Waals surface area (Å²) in [6, 6.07) is 6.74. The van der Waals surface area contributed by atoms with Gasteiger partial charge in [-0.1, -0.05) is 11.6 Å². The van der Waals surface area contributed by atoms with Crippen molar-refractivity contribution in [2.24, 2.45) is 0 Å². The molecule has 0 spiro atoms. The molecular formula is C17H29Cl2N3O2S. The van der Waals surface area contributed by atoms with E-state index in [4.69, 9.17) is 11.6 Å². The van der Waals surface area contributed by atoms with E-state index in [9.17, 15) is 8.42 Å². The highest BCUT2D eigenvalue weighted by atomic mass is 35.5. The second-order valence-electron chi connectivity index (χ2n) is 7.39. The number of nitrogens with one attached hydrogen (secondary N) is 1. The summed E-state index contributed by atoms with van der Waals surface area (Å²) in [5.41, 5.74) is -0.559. The van der Waals surface area contributed by atoms with E-state index < -0.39 is 15.6 Å². The first kappa shape index (κ1) is 22.7. The zero-order chi connectivity index (χ0) is 18.0. The first-order chi connectivity index (χ1) is 11.1. The molecule has 8 heteroatoms. The Morgan fingerprint density at radius 3 is 2.28 bits per heavy atom. The van der Waals surface area contributed by atoms with Crippen LogP contribution in [0.3, 0.4) is 0 Å². The number of likely N-dealkylation sites (tertiary alicyclic amines) is 1. The summed E-state index contributed by atoms with van der Waals surface area (Å²) in [6.45, 7) is 6.68.